The van der Waals surface area contributed by atoms with E-state index in [9.17, 15) is 4.79 Å². The van der Waals surface area contributed by atoms with E-state index in [1.807, 2.05) is 44.2 Å². The van der Waals surface area contributed by atoms with Gasteiger partial charge in [0.15, 0.2) is 0 Å². The van der Waals surface area contributed by atoms with E-state index >= 15 is 0 Å². The summed E-state index contributed by atoms with van der Waals surface area (Å²) in [5, 5.41) is 2.96. The summed E-state index contributed by atoms with van der Waals surface area (Å²) in [5.74, 6) is 0.596. The highest BCUT2D eigenvalue weighted by atomic mass is 16.5. The summed E-state index contributed by atoms with van der Waals surface area (Å²) in [6.07, 6.45) is -0.0649. The average Bonchev–Trinajstić information content (AvgIpc) is 2.29. The fourth-order valence-corrected chi connectivity index (χ4v) is 1.25. The SMILES string of the molecule is CC(C)OC(=O)CNCCOc1ccccc1. The molecule has 0 amide bonds. The zero-order chi connectivity index (χ0) is 12.5. The molecule has 0 aromatic heterocycles. The molecule has 4 heteroatoms. The Kier molecular flexibility index (Phi) is 6.10. The van der Waals surface area contributed by atoms with Gasteiger partial charge in [0.1, 0.15) is 12.4 Å². The topological polar surface area (TPSA) is 47.6 Å². The number of esters is 1. The van der Waals surface area contributed by atoms with Crippen molar-refractivity contribution >= 4 is 5.97 Å². The van der Waals surface area contributed by atoms with E-state index in [0.717, 1.165) is 5.75 Å². The van der Waals surface area contributed by atoms with E-state index < -0.39 is 0 Å². The van der Waals surface area contributed by atoms with E-state index in [1.165, 1.54) is 0 Å². The Morgan fingerprint density at radius 2 is 2.00 bits per heavy atom. The largest absolute Gasteiger partial charge is 0.492 e. The number of benzene rings is 1. The van der Waals surface area contributed by atoms with Crippen molar-refractivity contribution in [3.05, 3.63) is 30.3 Å². The summed E-state index contributed by atoms with van der Waals surface area (Å²) in [4.78, 5) is 11.2. The van der Waals surface area contributed by atoms with E-state index in [1.54, 1.807) is 0 Å². The van der Waals surface area contributed by atoms with Gasteiger partial charge in [-0.3, -0.25) is 4.79 Å². The van der Waals surface area contributed by atoms with Crippen LogP contribution in [0.15, 0.2) is 30.3 Å². The molecular weight excluding hydrogens is 218 g/mol. The van der Waals surface area contributed by atoms with Crippen LogP contribution in [0.2, 0.25) is 0 Å². The van der Waals surface area contributed by atoms with Gasteiger partial charge in [0.25, 0.3) is 0 Å². The van der Waals surface area contributed by atoms with Crippen LogP contribution in [0.1, 0.15) is 13.8 Å². The molecule has 0 saturated heterocycles. The maximum absolute atomic E-state index is 11.2. The first-order valence-corrected chi connectivity index (χ1v) is 5.76. The molecule has 0 atom stereocenters. The molecule has 0 aliphatic heterocycles. The molecule has 1 N–H and O–H groups in total. The van der Waals surface area contributed by atoms with Crippen molar-refractivity contribution < 1.29 is 14.3 Å². The molecule has 0 bridgehead atoms. The quantitative estimate of drug-likeness (QED) is 0.578. The van der Waals surface area contributed by atoms with Gasteiger partial charge in [0.2, 0.25) is 0 Å². The Morgan fingerprint density at radius 3 is 2.65 bits per heavy atom. The van der Waals surface area contributed by atoms with Crippen molar-refractivity contribution in [3.8, 4) is 5.75 Å². The summed E-state index contributed by atoms with van der Waals surface area (Å²) < 4.78 is 10.4. The molecule has 0 unspecified atom stereocenters. The van der Waals surface area contributed by atoms with Gasteiger partial charge in [-0.05, 0) is 26.0 Å². The van der Waals surface area contributed by atoms with Crippen LogP contribution in [0.25, 0.3) is 0 Å². The van der Waals surface area contributed by atoms with E-state index in [4.69, 9.17) is 9.47 Å². The number of nitrogens with one attached hydrogen (secondary N) is 1. The molecule has 94 valence electrons. The van der Waals surface area contributed by atoms with Gasteiger partial charge in [-0.25, -0.2) is 0 Å². The molecule has 0 fully saturated rings. The van der Waals surface area contributed by atoms with Crippen LogP contribution >= 0.6 is 0 Å². The van der Waals surface area contributed by atoms with Crippen LogP contribution in [-0.4, -0.2) is 31.8 Å². The van der Waals surface area contributed by atoms with Crippen molar-refractivity contribution in [1.82, 2.24) is 5.32 Å². The maximum atomic E-state index is 11.2. The van der Waals surface area contributed by atoms with Gasteiger partial charge in [-0.15, -0.1) is 0 Å². The first kappa shape index (κ1) is 13.5. The van der Waals surface area contributed by atoms with Gasteiger partial charge in [0.05, 0.1) is 12.6 Å². The second kappa shape index (κ2) is 7.68. The zero-order valence-corrected chi connectivity index (χ0v) is 10.3. The summed E-state index contributed by atoms with van der Waals surface area (Å²) >= 11 is 0. The third-order valence-corrected chi connectivity index (χ3v) is 1.93. The Balaban J connectivity index is 2.03. The third kappa shape index (κ3) is 6.58. The maximum Gasteiger partial charge on any atom is 0.320 e. The van der Waals surface area contributed by atoms with Gasteiger partial charge < -0.3 is 14.8 Å². The number of rotatable bonds is 7. The Morgan fingerprint density at radius 1 is 1.29 bits per heavy atom. The van der Waals surface area contributed by atoms with Crippen LogP contribution in [0, 0.1) is 0 Å². The number of ether oxygens (including phenoxy) is 2. The highest BCUT2D eigenvalue weighted by Crippen LogP contribution is 2.07. The standard InChI is InChI=1S/C13H19NO3/c1-11(2)17-13(15)10-14-8-9-16-12-6-4-3-5-7-12/h3-7,11,14H,8-10H2,1-2H3. The highest BCUT2D eigenvalue weighted by Gasteiger charge is 2.03. The lowest BCUT2D eigenvalue weighted by molar-refractivity contribution is -0.146. The molecule has 0 radical (unpaired) electrons. The van der Waals surface area contributed by atoms with Gasteiger partial charge in [-0.2, -0.15) is 0 Å². The predicted octanol–water partition coefficient (Wildman–Crippen LogP) is 1.61. The van der Waals surface area contributed by atoms with Gasteiger partial charge >= 0.3 is 5.97 Å². The molecule has 0 heterocycles. The second-order valence-corrected chi connectivity index (χ2v) is 3.88. The van der Waals surface area contributed by atoms with Crippen LogP contribution < -0.4 is 10.1 Å². The van der Waals surface area contributed by atoms with Crippen LogP contribution in [0.3, 0.4) is 0 Å². The van der Waals surface area contributed by atoms with Crippen LogP contribution in [0.5, 0.6) is 5.75 Å². The van der Waals surface area contributed by atoms with E-state index in [2.05, 4.69) is 5.32 Å². The number of para-hydroxylation sites is 1. The molecule has 1 rings (SSSR count). The molecule has 17 heavy (non-hydrogen) atoms. The molecular formula is C13H19NO3. The number of carbonyl (C=O) groups excluding carboxylic acids is 1. The molecule has 0 saturated carbocycles. The molecule has 1 aromatic rings. The van der Waals surface area contributed by atoms with Crippen molar-refractivity contribution in [1.29, 1.82) is 0 Å². The number of hydrogen-bond donors (Lipinski definition) is 1. The Bertz CT molecular complexity index is 325. The first-order chi connectivity index (χ1) is 8.18. The van der Waals surface area contributed by atoms with Gasteiger partial charge in [-0.1, -0.05) is 18.2 Å². The van der Waals surface area contributed by atoms with Crippen molar-refractivity contribution in [2.75, 3.05) is 19.7 Å². The first-order valence-electron chi connectivity index (χ1n) is 5.76. The molecule has 0 aliphatic rings. The lowest BCUT2D eigenvalue weighted by atomic mass is 10.3. The monoisotopic (exact) mass is 237 g/mol. The minimum Gasteiger partial charge on any atom is -0.492 e. The normalized spacial score (nSPS) is 10.3. The van der Waals surface area contributed by atoms with Gasteiger partial charge in [0, 0.05) is 6.54 Å². The molecule has 4 nitrogen and oxygen atoms in total. The molecule has 1 aromatic carbocycles. The van der Waals surface area contributed by atoms with Crippen molar-refractivity contribution in [2.24, 2.45) is 0 Å². The lowest BCUT2D eigenvalue weighted by Gasteiger charge is -2.09. The average molecular weight is 237 g/mol. The van der Waals surface area contributed by atoms with E-state index in [0.29, 0.717) is 13.2 Å². The number of hydrogen-bond acceptors (Lipinski definition) is 4. The fourth-order valence-electron chi connectivity index (χ4n) is 1.25. The van der Waals surface area contributed by atoms with E-state index in [-0.39, 0.29) is 18.6 Å². The molecule has 0 spiro atoms. The highest BCUT2D eigenvalue weighted by molar-refractivity contribution is 5.71. The summed E-state index contributed by atoms with van der Waals surface area (Å²) in [6, 6.07) is 9.57. The van der Waals surface area contributed by atoms with Crippen molar-refractivity contribution in [3.63, 3.8) is 0 Å². The fraction of sp³-hybridized carbons (Fsp3) is 0.462. The summed E-state index contributed by atoms with van der Waals surface area (Å²) in [6.45, 7) is 5.02. The third-order valence-electron chi connectivity index (χ3n) is 1.93. The minimum atomic E-state index is -0.236. The number of carbonyl (C=O) groups is 1. The van der Waals surface area contributed by atoms with Crippen LogP contribution in [-0.2, 0) is 9.53 Å². The Labute approximate surface area is 102 Å². The van der Waals surface area contributed by atoms with Crippen LogP contribution in [0.4, 0.5) is 0 Å². The predicted molar refractivity (Wildman–Crippen MR) is 66.0 cm³/mol. The summed E-state index contributed by atoms with van der Waals surface area (Å²) in [7, 11) is 0. The van der Waals surface area contributed by atoms with Crippen molar-refractivity contribution in [2.45, 2.75) is 20.0 Å². The Hall–Kier alpha value is -1.55. The lowest BCUT2D eigenvalue weighted by Crippen LogP contribution is -2.29. The summed E-state index contributed by atoms with van der Waals surface area (Å²) in [5.41, 5.74) is 0. The molecule has 0 aliphatic carbocycles. The minimum absolute atomic E-state index is 0.0649. The second-order valence-electron chi connectivity index (χ2n) is 3.88. The zero-order valence-electron chi connectivity index (χ0n) is 10.3. The smallest absolute Gasteiger partial charge is 0.320 e.